The Morgan fingerprint density at radius 3 is 2.76 bits per heavy atom. The van der Waals surface area contributed by atoms with Crippen LogP contribution in [-0.2, 0) is 11.2 Å². The summed E-state index contributed by atoms with van der Waals surface area (Å²) in [5.74, 6) is 0.469. The van der Waals surface area contributed by atoms with E-state index < -0.39 is 0 Å². The van der Waals surface area contributed by atoms with Crippen molar-refractivity contribution in [3.63, 3.8) is 0 Å². The Hall–Kier alpha value is -1.64. The van der Waals surface area contributed by atoms with Gasteiger partial charge in [0, 0.05) is 24.2 Å². The molecular formula is C18H23NO2. The summed E-state index contributed by atoms with van der Waals surface area (Å²) in [5.41, 5.74) is 2.79. The van der Waals surface area contributed by atoms with Gasteiger partial charge < -0.3 is 4.90 Å². The average molecular weight is 285 g/mol. The molecule has 1 aromatic carbocycles. The van der Waals surface area contributed by atoms with Crippen molar-refractivity contribution in [3.8, 4) is 0 Å². The highest BCUT2D eigenvalue weighted by Gasteiger charge is 2.37. The summed E-state index contributed by atoms with van der Waals surface area (Å²) < 4.78 is 0. The van der Waals surface area contributed by atoms with E-state index in [9.17, 15) is 9.59 Å². The monoisotopic (exact) mass is 285 g/mol. The number of amides is 1. The Morgan fingerprint density at radius 1 is 1.29 bits per heavy atom. The molecule has 3 heteroatoms. The molecule has 0 saturated heterocycles. The number of carbonyl (C=O) groups is 2. The van der Waals surface area contributed by atoms with Gasteiger partial charge in [-0.3, -0.25) is 9.59 Å². The van der Waals surface area contributed by atoms with Crippen LogP contribution in [0.3, 0.4) is 0 Å². The minimum Gasteiger partial charge on any atom is -0.315 e. The van der Waals surface area contributed by atoms with Crippen molar-refractivity contribution < 1.29 is 9.59 Å². The molecule has 3 nitrogen and oxygen atoms in total. The van der Waals surface area contributed by atoms with Gasteiger partial charge in [0.1, 0.15) is 0 Å². The summed E-state index contributed by atoms with van der Waals surface area (Å²) in [5, 5.41) is 0. The Kier molecular flexibility index (Phi) is 3.39. The van der Waals surface area contributed by atoms with Gasteiger partial charge in [-0.05, 0) is 42.0 Å². The predicted molar refractivity (Wildman–Crippen MR) is 83.6 cm³/mol. The van der Waals surface area contributed by atoms with E-state index in [0.717, 1.165) is 36.1 Å². The third-order valence-corrected chi connectivity index (χ3v) is 5.26. The van der Waals surface area contributed by atoms with Gasteiger partial charge in [-0.15, -0.1) is 0 Å². The number of anilines is 1. The molecule has 1 aliphatic carbocycles. The van der Waals surface area contributed by atoms with Gasteiger partial charge >= 0.3 is 0 Å². The Morgan fingerprint density at radius 2 is 2.05 bits per heavy atom. The zero-order valence-corrected chi connectivity index (χ0v) is 13.1. The van der Waals surface area contributed by atoms with Crippen LogP contribution < -0.4 is 4.90 Å². The zero-order chi connectivity index (χ0) is 15.2. The van der Waals surface area contributed by atoms with Crippen LogP contribution in [0.2, 0.25) is 0 Å². The van der Waals surface area contributed by atoms with E-state index in [1.807, 2.05) is 18.2 Å². The van der Waals surface area contributed by atoms with E-state index in [4.69, 9.17) is 0 Å². The first-order valence-electron chi connectivity index (χ1n) is 7.84. The Balaban J connectivity index is 1.90. The topological polar surface area (TPSA) is 37.4 Å². The maximum atomic E-state index is 12.9. The number of rotatable bonds is 2. The van der Waals surface area contributed by atoms with Crippen LogP contribution in [0, 0.1) is 11.3 Å². The molecule has 1 atom stereocenters. The molecular weight excluding hydrogens is 262 g/mol. The van der Waals surface area contributed by atoms with E-state index >= 15 is 0 Å². The van der Waals surface area contributed by atoms with E-state index in [1.165, 1.54) is 6.42 Å². The summed E-state index contributed by atoms with van der Waals surface area (Å²) >= 11 is 0. The third-order valence-electron chi connectivity index (χ3n) is 5.26. The molecule has 1 unspecified atom stereocenters. The number of hydrogen-bond acceptors (Lipinski definition) is 2. The molecule has 21 heavy (non-hydrogen) atoms. The SMILES string of the molecule is CN1C(=O)Cc2cc(C(=O)C3CCCCC3(C)C)ccc21. The van der Waals surface area contributed by atoms with Crippen molar-refractivity contribution in [1.29, 1.82) is 0 Å². The number of ketones is 1. The smallest absolute Gasteiger partial charge is 0.231 e. The Bertz CT molecular complexity index is 603. The lowest BCUT2D eigenvalue weighted by Gasteiger charge is -2.37. The van der Waals surface area contributed by atoms with Gasteiger partial charge in [-0.25, -0.2) is 0 Å². The van der Waals surface area contributed by atoms with E-state index in [0.29, 0.717) is 6.42 Å². The second kappa shape index (κ2) is 4.97. The molecule has 2 aliphatic rings. The number of benzene rings is 1. The molecule has 0 aromatic heterocycles. The van der Waals surface area contributed by atoms with Crippen molar-refractivity contribution in [2.75, 3.05) is 11.9 Å². The molecule has 1 saturated carbocycles. The van der Waals surface area contributed by atoms with Crippen LogP contribution in [0.1, 0.15) is 55.5 Å². The highest BCUT2D eigenvalue weighted by molar-refractivity contribution is 6.04. The molecule has 1 fully saturated rings. The molecule has 1 heterocycles. The number of fused-ring (bicyclic) bond motifs is 1. The first-order chi connectivity index (χ1) is 9.90. The predicted octanol–water partition coefficient (Wildman–Crippen LogP) is 3.60. The van der Waals surface area contributed by atoms with Crippen molar-refractivity contribution in [3.05, 3.63) is 29.3 Å². The van der Waals surface area contributed by atoms with Gasteiger partial charge in [-0.1, -0.05) is 26.7 Å². The zero-order valence-electron chi connectivity index (χ0n) is 13.1. The molecule has 0 bridgehead atoms. The minimum atomic E-state index is 0.0843. The summed E-state index contributed by atoms with van der Waals surface area (Å²) in [7, 11) is 1.79. The second-order valence-electron chi connectivity index (χ2n) is 7.12. The first kappa shape index (κ1) is 14.3. The second-order valence-corrected chi connectivity index (χ2v) is 7.12. The molecule has 0 radical (unpaired) electrons. The van der Waals surface area contributed by atoms with Crippen molar-refractivity contribution >= 4 is 17.4 Å². The maximum Gasteiger partial charge on any atom is 0.231 e. The maximum absolute atomic E-state index is 12.9. The summed E-state index contributed by atoms with van der Waals surface area (Å²) in [6, 6.07) is 5.74. The van der Waals surface area contributed by atoms with Crippen molar-refractivity contribution in [2.24, 2.45) is 11.3 Å². The number of nitrogens with zero attached hydrogens (tertiary/aromatic N) is 1. The van der Waals surface area contributed by atoms with Gasteiger partial charge in [0.2, 0.25) is 5.91 Å². The summed E-state index contributed by atoms with van der Waals surface area (Å²) in [4.78, 5) is 26.3. The normalized spacial score (nSPS) is 24.0. The van der Waals surface area contributed by atoms with Crippen molar-refractivity contribution in [1.82, 2.24) is 0 Å². The molecule has 1 amide bonds. The lowest BCUT2D eigenvalue weighted by atomic mass is 9.66. The number of likely N-dealkylation sites (N-methyl/N-ethyl adjacent to an activating group) is 1. The molecule has 0 spiro atoms. The third kappa shape index (κ3) is 2.39. The van der Waals surface area contributed by atoms with Gasteiger partial charge in [0.25, 0.3) is 0 Å². The van der Waals surface area contributed by atoms with Crippen LogP contribution in [0.15, 0.2) is 18.2 Å². The summed E-state index contributed by atoms with van der Waals surface area (Å²) in [6.07, 6.45) is 4.89. The molecule has 1 aliphatic heterocycles. The van der Waals surface area contributed by atoms with Crippen molar-refractivity contribution in [2.45, 2.75) is 46.0 Å². The molecule has 1 aromatic rings. The van der Waals surface area contributed by atoms with E-state index in [1.54, 1.807) is 11.9 Å². The van der Waals surface area contributed by atoms with Gasteiger partial charge in [0.15, 0.2) is 5.78 Å². The quantitative estimate of drug-likeness (QED) is 0.778. The standard InChI is InChI=1S/C18H23NO2/c1-18(2)9-5-4-6-14(18)17(21)12-7-8-15-13(10-12)11-16(20)19(15)3/h7-8,10,14H,4-6,9,11H2,1-3H3. The number of carbonyl (C=O) groups excluding carboxylic acids is 2. The number of Topliss-reactive ketones (excluding diaryl/α,β-unsaturated/α-hetero) is 1. The lowest BCUT2D eigenvalue weighted by Crippen LogP contribution is -2.34. The largest absolute Gasteiger partial charge is 0.315 e. The Labute approximate surface area is 126 Å². The fourth-order valence-corrected chi connectivity index (χ4v) is 3.80. The van der Waals surface area contributed by atoms with Crippen LogP contribution >= 0.6 is 0 Å². The highest BCUT2D eigenvalue weighted by atomic mass is 16.2. The fourth-order valence-electron chi connectivity index (χ4n) is 3.80. The number of hydrogen-bond donors (Lipinski definition) is 0. The molecule has 112 valence electrons. The average Bonchev–Trinajstić information content (AvgIpc) is 2.72. The lowest BCUT2D eigenvalue weighted by molar-refractivity contribution is -0.117. The van der Waals surface area contributed by atoms with E-state index in [2.05, 4.69) is 13.8 Å². The first-order valence-corrected chi connectivity index (χ1v) is 7.84. The molecule has 0 N–H and O–H groups in total. The van der Waals surface area contributed by atoms with Gasteiger partial charge in [-0.2, -0.15) is 0 Å². The van der Waals surface area contributed by atoms with Gasteiger partial charge in [0.05, 0.1) is 6.42 Å². The molecule has 3 rings (SSSR count). The van der Waals surface area contributed by atoms with Crippen LogP contribution in [0.5, 0.6) is 0 Å². The highest BCUT2D eigenvalue weighted by Crippen LogP contribution is 2.42. The minimum absolute atomic E-state index is 0.0843. The van der Waals surface area contributed by atoms with Crippen LogP contribution in [-0.4, -0.2) is 18.7 Å². The van der Waals surface area contributed by atoms with Crippen LogP contribution in [0.4, 0.5) is 5.69 Å². The summed E-state index contributed by atoms with van der Waals surface area (Å²) in [6.45, 7) is 4.42. The van der Waals surface area contributed by atoms with Crippen LogP contribution in [0.25, 0.3) is 0 Å². The van der Waals surface area contributed by atoms with E-state index in [-0.39, 0.29) is 23.0 Å². The fraction of sp³-hybridized carbons (Fsp3) is 0.556.